The number of rotatable bonds is 6. The molecule has 1 heterocycles. The van der Waals surface area contributed by atoms with Gasteiger partial charge in [-0.1, -0.05) is 24.9 Å². The molecule has 0 radical (unpaired) electrons. The molecule has 0 saturated carbocycles. The number of halogens is 4. The molecule has 8 heteroatoms. The average molecular weight is 345 g/mol. The number of nitrogens with one attached hydrogen (secondary N) is 2. The van der Waals surface area contributed by atoms with E-state index in [1.807, 2.05) is 0 Å². The van der Waals surface area contributed by atoms with E-state index in [9.17, 15) is 13.2 Å². The highest BCUT2D eigenvalue weighted by Crippen LogP contribution is 2.36. The quantitative estimate of drug-likeness (QED) is 0.715. The Morgan fingerprint density at radius 1 is 1.22 bits per heavy atom. The molecule has 0 atom stereocenters. The molecule has 1 aromatic carbocycles. The summed E-state index contributed by atoms with van der Waals surface area (Å²) in [5, 5.41) is 5.54. The number of anilines is 3. The lowest BCUT2D eigenvalue weighted by atomic mass is 10.2. The van der Waals surface area contributed by atoms with Gasteiger partial charge >= 0.3 is 6.18 Å². The number of alkyl halides is 3. The van der Waals surface area contributed by atoms with E-state index in [2.05, 4.69) is 27.5 Å². The van der Waals surface area contributed by atoms with Crippen molar-refractivity contribution in [2.45, 2.75) is 25.9 Å². The minimum Gasteiger partial charge on any atom is -0.354 e. The Labute approximate surface area is 137 Å². The zero-order valence-corrected chi connectivity index (χ0v) is 13.2. The smallest absolute Gasteiger partial charge is 0.354 e. The maximum atomic E-state index is 12.9. The third kappa shape index (κ3) is 4.99. The van der Waals surface area contributed by atoms with Gasteiger partial charge in [0.15, 0.2) is 0 Å². The lowest BCUT2D eigenvalue weighted by Gasteiger charge is -2.12. The van der Waals surface area contributed by atoms with Crippen LogP contribution in [-0.4, -0.2) is 16.5 Å². The van der Waals surface area contributed by atoms with Crippen LogP contribution in [0.1, 0.15) is 25.3 Å². The molecule has 0 bridgehead atoms. The first-order valence-corrected chi connectivity index (χ1v) is 7.48. The molecule has 0 amide bonds. The topological polar surface area (TPSA) is 49.8 Å². The van der Waals surface area contributed by atoms with Crippen molar-refractivity contribution in [1.29, 1.82) is 0 Å². The fraction of sp³-hybridized carbons (Fsp3) is 0.333. The maximum Gasteiger partial charge on any atom is 0.417 e. The van der Waals surface area contributed by atoms with Crippen molar-refractivity contribution in [3.63, 3.8) is 0 Å². The highest BCUT2D eigenvalue weighted by Gasteiger charge is 2.33. The van der Waals surface area contributed by atoms with Crippen molar-refractivity contribution >= 4 is 29.1 Å². The first-order chi connectivity index (χ1) is 10.9. The zero-order valence-electron chi connectivity index (χ0n) is 12.4. The van der Waals surface area contributed by atoms with E-state index in [-0.39, 0.29) is 10.7 Å². The third-order valence-electron chi connectivity index (χ3n) is 3.01. The molecule has 124 valence electrons. The largest absolute Gasteiger partial charge is 0.417 e. The van der Waals surface area contributed by atoms with E-state index in [1.165, 1.54) is 18.3 Å². The fourth-order valence-electron chi connectivity index (χ4n) is 1.86. The van der Waals surface area contributed by atoms with Gasteiger partial charge in [-0.3, -0.25) is 0 Å². The summed E-state index contributed by atoms with van der Waals surface area (Å²) < 4.78 is 38.6. The molecule has 2 N–H and O–H groups in total. The van der Waals surface area contributed by atoms with E-state index in [0.717, 1.165) is 25.5 Å². The van der Waals surface area contributed by atoms with Gasteiger partial charge < -0.3 is 10.6 Å². The Hall–Kier alpha value is -2.02. The molecule has 0 unspecified atom stereocenters. The molecule has 0 aliphatic heterocycles. The lowest BCUT2D eigenvalue weighted by Crippen LogP contribution is -2.08. The first kappa shape index (κ1) is 17.3. The van der Waals surface area contributed by atoms with Gasteiger partial charge in [-0.25, -0.2) is 4.98 Å². The number of hydrogen-bond acceptors (Lipinski definition) is 4. The summed E-state index contributed by atoms with van der Waals surface area (Å²) in [6.07, 6.45) is -0.958. The monoisotopic (exact) mass is 344 g/mol. The van der Waals surface area contributed by atoms with Crippen LogP contribution in [0.15, 0.2) is 30.5 Å². The maximum absolute atomic E-state index is 12.9. The number of hydrogen-bond donors (Lipinski definition) is 2. The second-order valence-electron chi connectivity index (χ2n) is 4.86. The zero-order chi connectivity index (χ0) is 16.9. The average Bonchev–Trinajstić information content (AvgIpc) is 2.49. The molecule has 0 aliphatic rings. The van der Waals surface area contributed by atoms with E-state index < -0.39 is 11.7 Å². The van der Waals surface area contributed by atoms with Crippen LogP contribution in [0.4, 0.5) is 30.6 Å². The molecular weight excluding hydrogens is 329 g/mol. The normalized spacial score (nSPS) is 11.3. The predicted molar refractivity (Wildman–Crippen MR) is 85.2 cm³/mol. The van der Waals surface area contributed by atoms with Gasteiger partial charge in [-0.15, -0.1) is 0 Å². The van der Waals surface area contributed by atoms with Crippen molar-refractivity contribution in [2.75, 3.05) is 17.2 Å². The Morgan fingerprint density at radius 2 is 2.00 bits per heavy atom. The molecular formula is C15H16ClF3N4. The van der Waals surface area contributed by atoms with Gasteiger partial charge in [0.05, 0.1) is 10.6 Å². The Balaban J connectivity index is 2.14. The highest BCUT2D eigenvalue weighted by atomic mass is 35.5. The standard InChI is InChI=1S/C15H16ClF3N4/c1-2-3-7-20-14-21-8-6-13(23-14)22-10-4-5-12(16)11(9-10)15(17,18)19/h4-6,8-9H,2-3,7H2,1H3,(H2,20,21,22,23). The summed E-state index contributed by atoms with van der Waals surface area (Å²) in [6.45, 7) is 2.80. The molecule has 0 aliphatic carbocycles. The van der Waals surface area contributed by atoms with Gasteiger partial charge in [0.2, 0.25) is 5.95 Å². The third-order valence-corrected chi connectivity index (χ3v) is 3.34. The minimum absolute atomic E-state index is 0.250. The Kier molecular flexibility index (Phi) is 5.65. The van der Waals surface area contributed by atoms with Crippen LogP contribution in [0, 0.1) is 0 Å². The summed E-state index contributed by atoms with van der Waals surface area (Å²) in [4.78, 5) is 8.27. The molecule has 0 fully saturated rings. The van der Waals surface area contributed by atoms with E-state index in [1.54, 1.807) is 6.07 Å². The lowest BCUT2D eigenvalue weighted by molar-refractivity contribution is -0.137. The molecule has 23 heavy (non-hydrogen) atoms. The summed E-state index contributed by atoms with van der Waals surface area (Å²) in [6, 6.07) is 5.19. The number of unbranched alkanes of at least 4 members (excludes halogenated alkanes) is 1. The van der Waals surface area contributed by atoms with Gasteiger partial charge in [0, 0.05) is 18.4 Å². The van der Waals surface area contributed by atoms with Gasteiger partial charge in [0.25, 0.3) is 0 Å². The van der Waals surface area contributed by atoms with Crippen LogP contribution in [0.3, 0.4) is 0 Å². The van der Waals surface area contributed by atoms with Crippen molar-refractivity contribution < 1.29 is 13.2 Å². The summed E-state index contributed by atoms with van der Waals surface area (Å²) >= 11 is 5.60. The fourth-order valence-corrected chi connectivity index (χ4v) is 2.08. The van der Waals surface area contributed by atoms with Crippen LogP contribution >= 0.6 is 11.6 Å². The minimum atomic E-state index is -4.51. The predicted octanol–water partition coefficient (Wildman–Crippen LogP) is 5.10. The highest BCUT2D eigenvalue weighted by molar-refractivity contribution is 6.31. The van der Waals surface area contributed by atoms with Crippen molar-refractivity contribution in [3.8, 4) is 0 Å². The summed E-state index contributed by atoms with van der Waals surface area (Å²) in [7, 11) is 0. The van der Waals surface area contributed by atoms with Crippen molar-refractivity contribution in [2.24, 2.45) is 0 Å². The molecule has 1 aromatic heterocycles. The number of aromatic nitrogens is 2. The van der Waals surface area contributed by atoms with Crippen LogP contribution < -0.4 is 10.6 Å². The van der Waals surface area contributed by atoms with Crippen molar-refractivity contribution in [3.05, 3.63) is 41.0 Å². The van der Waals surface area contributed by atoms with E-state index in [4.69, 9.17) is 11.6 Å². The van der Waals surface area contributed by atoms with Crippen LogP contribution in [-0.2, 0) is 6.18 Å². The molecule has 4 nitrogen and oxygen atoms in total. The van der Waals surface area contributed by atoms with E-state index >= 15 is 0 Å². The SMILES string of the molecule is CCCCNc1nccc(Nc2ccc(Cl)c(C(F)(F)F)c2)n1. The molecule has 2 rings (SSSR count). The number of benzene rings is 1. The van der Waals surface area contributed by atoms with Crippen molar-refractivity contribution in [1.82, 2.24) is 9.97 Å². The van der Waals surface area contributed by atoms with Gasteiger partial charge in [-0.2, -0.15) is 18.2 Å². The molecule has 2 aromatic rings. The molecule has 0 saturated heterocycles. The van der Waals surface area contributed by atoms with E-state index in [0.29, 0.717) is 11.8 Å². The second kappa shape index (κ2) is 7.50. The first-order valence-electron chi connectivity index (χ1n) is 7.11. The Bertz CT molecular complexity index is 661. The summed E-state index contributed by atoms with van der Waals surface area (Å²) in [5.41, 5.74) is -0.639. The Morgan fingerprint density at radius 3 is 2.70 bits per heavy atom. The molecule has 0 spiro atoms. The van der Waals surface area contributed by atoms with Gasteiger partial charge in [-0.05, 0) is 30.7 Å². The number of nitrogens with zero attached hydrogens (tertiary/aromatic N) is 2. The summed E-state index contributed by atoms with van der Waals surface area (Å²) in [5.74, 6) is 0.822. The van der Waals surface area contributed by atoms with Crippen LogP contribution in [0.2, 0.25) is 5.02 Å². The van der Waals surface area contributed by atoms with Crippen LogP contribution in [0.5, 0.6) is 0 Å². The van der Waals surface area contributed by atoms with Gasteiger partial charge in [0.1, 0.15) is 5.82 Å². The second-order valence-corrected chi connectivity index (χ2v) is 5.27. The van der Waals surface area contributed by atoms with Crippen LogP contribution in [0.25, 0.3) is 0 Å².